The summed E-state index contributed by atoms with van der Waals surface area (Å²) in [6, 6.07) is 5.33. The molecule has 2 aromatic carbocycles. The van der Waals surface area contributed by atoms with Crippen LogP contribution in [0.2, 0.25) is 5.02 Å². The van der Waals surface area contributed by atoms with Crippen LogP contribution in [0.15, 0.2) is 36.4 Å². The van der Waals surface area contributed by atoms with Gasteiger partial charge in [0.2, 0.25) is 0 Å². The third-order valence-corrected chi connectivity index (χ3v) is 2.84. The molecule has 0 atom stereocenters. The average Bonchev–Trinajstić information content (AvgIpc) is 2.29. The summed E-state index contributed by atoms with van der Waals surface area (Å²) >= 11 is 5.71. The fraction of sp³-hybridized carbons (Fsp3) is 0.0769. The maximum absolute atomic E-state index is 13.6. The molecule has 0 bridgehead atoms. The van der Waals surface area contributed by atoms with Crippen molar-refractivity contribution in [2.24, 2.45) is 0 Å². The first-order chi connectivity index (χ1) is 8.80. The van der Waals surface area contributed by atoms with Crippen molar-refractivity contribution in [2.45, 2.75) is 6.18 Å². The Balaban J connectivity index is 2.69. The Hall–Kier alpha value is -1.62. The molecule has 0 saturated heterocycles. The highest BCUT2D eigenvalue weighted by Gasteiger charge is 2.31. The van der Waals surface area contributed by atoms with E-state index >= 15 is 0 Å². The van der Waals surface area contributed by atoms with E-state index in [1.54, 1.807) is 0 Å². The maximum Gasteiger partial charge on any atom is 0.416 e. The standard InChI is InChI=1S/C13H6ClF5/c14-9-2-1-3-11(16)12(9)8-6-7(13(17,18)19)4-5-10(8)15/h1-6H. The first-order valence-electron chi connectivity index (χ1n) is 5.12. The number of halogens is 6. The second-order valence-electron chi connectivity index (χ2n) is 3.79. The molecule has 0 aliphatic rings. The van der Waals surface area contributed by atoms with Gasteiger partial charge in [0.1, 0.15) is 11.6 Å². The molecule has 0 aromatic heterocycles. The lowest BCUT2D eigenvalue weighted by Crippen LogP contribution is -2.05. The molecule has 0 spiro atoms. The van der Waals surface area contributed by atoms with Gasteiger partial charge in [-0.1, -0.05) is 17.7 Å². The summed E-state index contributed by atoms with van der Waals surface area (Å²) in [5, 5.41) is -0.154. The van der Waals surface area contributed by atoms with Crippen LogP contribution in [0.4, 0.5) is 22.0 Å². The summed E-state index contributed by atoms with van der Waals surface area (Å²) in [6.07, 6.45) is -4.64. The maximum atomic E-state index is 13.6. The smallest absolute Gasteiger partial charge is 0.206 e. The Morgan fingerprint density at radius 2 is 1.58 bits per heavy atom. The number of benzene rings is 2. The first-order valence-corrected chi connectivity index (χ1v) is 5.49. The van der Waals surface area contributed by atoms with Crippen molar-refractivity contribution in [3.05, 3.63) is 58.6 Å². The second kappa shape index (κ2) is 4.81. The molecule has 2 rings (SSSR count). The molecule has 0 N–H and O–H groups in total. The molecule has 0 amide bonds. The Kier molecular flexibility index (Phi) is 3.49. The summed E-state index contributed by atoms with van der Waals surface area (Å²) in [6.45, 7) is 0. The highest BCUT2D eigenvalue weighted by molar-refractivity contribution is 6.33. The van der Waals surface area contributed by atoms with Crippen LogP contribution >= 0.6 is 11.6 Å². The van der Waals surface area contributed by atoms with E-state index in [1.165, 1.54) is 12.1 Å². The average molecular weight is 293 g/mol. The minimum absolute atomic E-state index is 0.154. The summed E-state index contributed by atoms with van der Waals surface area (Å²) < 4.78 is 64.9. The SMILES string of the molecule is Fc1ccc(C(F)(F)F)cc1-c1c(F)cccc1Cl. The van der Waals surface area contributed by atoms with E-state index in [9.17, 15) is 22.0 Å². The van der Waals surface area contributed by atoms with Gasteiger partial charge in [-0.2, -0.15) is 13.2 Å². The molecule has 0 aliphatic heterocycles. The largest absolute Gasteiger partial charge is 0.416 e. The van der Waals surface area contributed by atoms with Gasteiger partial charge in [-0.15, -0.1) is 0 Å². The van der Waals surface area contributed by atoms with Crippen molar-refractivity contribution in [3.63, 3.8) is 0 Å². The molecule has 0 saturated carbocycles. The predicted octanol–water partition coefficient (Wildman–Crippen LogP) is 5.30. The quantitative estimate of drug-likeness (QED) is 0.625. The van der Waals surface area contributed by atoms with Gasteiger partial charge in [0.15, 0.2) is 0 Å². The monoisotopic (exact) mass is 292 g/mol. The van der Waals surface area contributed by atoms with Crippen LogP contribution in [-0.4, -0.2) is 0 Å². The van der Waals surface area contributed by atoms with Gasteiger partial charge < -0.3 is 0 Å². The van der Waals surface area contributed by atoms with Crippen LogP contribution < -0.4 is 0 Å². The van der Waals surface area contributed by atoms with Gasteiger partial charge in [0.25, 0.3) is 0 Å². The van der Waals surface area contributed by atoms with Crippen molar-refractivity contribution in [1.29, 1.82) is 0 Å². The van der Waals surface area contributed by atoms with Gasteiger partial charge >= 0.3 is 6.18 Å². The fourth-order valence-electron chi connectivity index (χ4n) is 1.65. The third kappa shape index (κ3) is 2.71. The van der Waals surface area contributed by atoms with Crippen molar-refractivity contribution in [2.75, 3.05) is 0 Å². The Labute approximate surface area is 110 Å². The van der Waals surface area contributed by atoms with Crippen LogP contribution in [0.25, 0.3) is 11.1 Å². The number of alkyl halides is 3. The summed E-state index contributed by atoms with van der Waals surface area (Å²) in [4.78, 5) is 0. The fourth-order valence-corrected chi connectivity index (χ4v) is 1.91. The zero-order chi connectivity index (χ0) is 14.2. The summed E-state index contributed by atoms with van der Waals surface area (Å²) in [5.74, 6) is -1.86. The van der Waals surface area contributed by atoms with Crippen molar-refractivity contribution in [1.82, 2.24) is 0 Å². The number of rotatable bonds is 1. The highest BCUT2D eigenvalue weighted by Crippen LogP contribution is 2.37. The molecule has 0 fully saturated rings. The molecule has 0 heterocycles. The summed E-state index contributed by atoms with van der Waals surface area (Å²) in [7, 11) is 0. The van der Waals surface area contributed by atoms with Crippen molar-refractivity contribution >= 4 is 11.6 Å². The van der Waals surface area contributed by atoms with Crippen LogP contribution in [0.1, 0.15) is 5.56 Å². The van der Waals surface area contributed by atoms with Gasteiger partial charge in [-0.25, -0.2) is 8.78 Å². The normalized spacial score (nSPS) is 11.7. The molecule has 100 valence electrons. The zero-order valence-electron chi connectivity index (χ0n) is 9.23. The van der Waals surface area contributed by atoms with Gasteiger partial charge in [0, 0.05) is 11.1 Å². The molecule has 19 heavy (non-hydrogen) atoms. The number of hydrogen-bond donors (Lipinski definition) is 0. The summed E-state index contributed by atoms with van der Waals surface area (Å²) in [5.41, 5.74) is -1.96. The molecular weight excluding hydrogens is 287 g/mol. The van der Waals surface area contributed by atoms with E-state index in [2.05, 4.69) is 0 Å². The predicted molar refractivity (Wildman–Crippen MR) is 61.8 cm³/mol. The highest BCUT2D eigenvalue weighted by atomic mass is 35.5. The molecule has 6 heteroatoms. The molecule has 2 aromatic rings. The topological polar surface area (TPSA) is 0 Å². The van der Waals surface area contributed by atoms with Gasteiger partial charge in [-0.05, 0) is 30.3 Å². The molecule has 0 unspecified atom stereocenters. The molecule has 0 aliphatic carbocycles. The van der Waals surface area contributed by atoms with Gasteiger partial charge in [0.05, 0.1) is 10.6 Å². The van der Waals surface area contributed by atoms with Crippen molar-refractivity contribution in [3.8, 4) is 11.1 Å². The minimum atomic E-state index is -4.64. The van der Waals surface area contributed by atoms with Crippen LogP contribution in [0.3, 0.4) is 0 Å². The Morgan fingerprint density at radius 1 is 0.895 bits per heavy atom. The van der Waals surface area contributed by atoms with Crippen LogP contribution in [-0.2, 0) is 6.18 Å². The molecule has 0 radical (unpaired) electrons. The van der Waals surface area contributed by atoms with E-state index in [0.717, 1.165) is 6.07 Å². The second-order valence-corrected chi connectivity index (χ2v) is 4.20. The van der Waals surface area contributed by atoms with E-state index in [1.807, 2.05) is 0 Å². The van der Waals surface area contributed by atoms with Crippen LogP contribution in [0, 0.1) is 11.6 Å². The lowest BCUT2D eigenvalue weighted by Gasteiger charge is -2.11. The van der Waals surface area contributed by atoms with E-state index in [-0.39, 0.29) is 10.6 Å². The lowest BCUT2D eigenvalue weighted by molar-refractivity contribution is -0.137. The van der Waals surface area contributed by atoms with Gasteiger partial charge in [-0.3, -0.25) is 0 Å². The van der Waals surface area contributed by atoms with E-state index in [0.29, 0.717) is 18.2 Å². The molecule has 0 nitrogen and oxygen atoms in total. The minimum Gasteiger partial charge on any atom is -0.206 e. The van der Waals surface area contributed by atoms with Crippen LogP contribution in [0.5, 0.6) is 0 Å². The Morgan fingerprint density at radius 3 is 2.16 bits per heavy atom. The van der Waals surface area contributed by atoms with E-state index < -0.39 is 28.9 Å². The lowest BCUT2D eigenvalue weighted by atomic mass is 10.0. The zero-order valence-corrected chi connectivity index (χ0v) is 9.99. The first kappa shape index (κ1) is 13.8. The third-order valence-electron chi connectivity index (χ3n) is 2.53. The number of hydrogen-bond acceptors (Lipinski definition) is 0. The Bertz CT molecular complexity index is 599. The van der Waals surface area contributed by atoms with Crippen molar-refractivity contribution < 1.29 is 22.0 Å². The molecular formula is C13H6ClF5. The van der Waals surface area contributed by atoms with E-state index in [4.69, 9.17) is 11.6 Å².